The average molecular weight is 553 g/mol. The van der Waals surface area contributed by atoms with Gasteiger partial charge in [0.15, 0.2) is 0 Å². The molecule has 0 aliphatic heterocycles. The second kappa shape index (κ2) is 14.7. The lowest BCUT2D eigenvalue weighted by Gasteiger charge is -2.24. The summed E-state index contributed by atoms with van der Waals surface area (Å²) in [7, 11) is 0. The van der Waals surface area contributed by atoms with Crippen molar-refractivity contribution in [2.75, 3.05) is 19.6 Å². The number of fused-ring (bicyclic) bond motifs is 1. The number of aliphatic hydroxyl groups excluding tert-OH is 1. The third kappa shape index (κ3) is 8.73. The topological polar surface area (TPSA) is 125 Å². The predicted octanol–water partition coefficient (Wildman–Crippen LogP) is 3.04. The summed E-state index contributed by atoms with van der Waals surface area (Å²) < 4.78 is 0. The van der Waals surface area contributed by atoms with Crippen LogP contribution >= 0.6 is 0 Å². The van der Waals surface area contributed by atoms with E-state index in [0.717, 1.165) is 21.9 Å². The van der Waals surface area contributed by atoms with Crippen LogP contribution < -0.4 is 16.4 Å². The smallest absolute Gasteiger partial charge is 0.254 e. The van der Waals surface area contributed by atoms with Gasteiger partial charge < -0.3 is 26.4 Å². The molecule has 0 aliphatic rings. The number of hydrogen-bond acceptors (Lipinski definition) is 5. The lowest BCUT2D eigenvalue weighted by molar-refractivity contribution is -0.129. The number of hydrogen-bond donors (Lipinski definition) is 4. The molecule has 8 nitrogen and oxygen atoms in total. The van der Waals surface area contributed by atoms with Gasteiger partial charge in [-0.05, 0) is 34.0 Å². The van der Waals surface area contributed by atoms with E-state index in [-0.39, 0.29) is 44.3 Å². The molecule has 2 unspecified atom stereocenters. The summed E-state index contributed by atoms with van der Waals surface area (Å²) >= 11 is 0. The monoisotopic (exact) mass is 552 g/mol. The number of rotatable bonds is 13. The first-order valence-electron chi connectivity index (χ1n) is 13.7. The Morgan fingerprint density at radius 2 is 1.46 bits per heavy atom. The largest absolute Gasteiger partial charge is 0.390 e. The van der Waals surface area contributed by atoms with Crippen molar-refractivity contribution in [1.29, 1.82) is 0 Å². The highest BCUT2D eigenvalue weighted by Crippen LogP contribution is 2.17. The summed E-state index contributed by atoms with van der Waals surface area (Å²) in [5.41, 5.74) is 7.85. The molecular formula is C33H36N4O4. The summed E-state index contributed by atoms with van der Waals surface area (Å²) in [5, 5.41) is 17.5. The molecule has 0 spiro atoms. The maximum absolute atomic E-state index is 13.3. The standard InChI is InChI=1S/C33H36N4O4/c34-21-29(38)22-35-32(40)30(20-25-15-16-26-11-7-8-14-28(26)19-25)36-31(39)17-18-37(23-24-9-3-1-4-10-24)33(41)27-12-5-2-6-13-27/h1-16,19,29-30,38H,17-18,20-23,34H2,(H,35,40)(H,36,39). The predicted molar refractivity (Wildman–Crippen MR) is 160 cm³/mol. The highest BCUT2D eigenvalue weighted by Gasteiger charge is 2.23. The third-order valence-corrected chi connectivity index (χ3v) is 6.82. The zero-order valence-corrected chi connectivity index (χ0v) is 22.9. The van der Waals surface area contributed by atoms with Crippen LogP contribution in [0.25, 0.3) is 10.8 Å². The van der Waals surface area contributed by atoms with E-state index in [1.54, 1.807) is 29.2 Å². The van der Waals surface area contributed by atoms with Crippen LogP contribution in [0.1, 0.15) is 27.9 Å². The third-order valence-electron chi connectivity index (χ3n) is 6.82. The van der Waals surface area contributed by atoms with Gasteiger partial charge in [0.25, 0.3) is 5.91 Å². The molecule has 0 radical (unpaired) electrons. The molecule has 2 atom stereocenters. The van der Waals surface area contributed by atoms with Crippen LogP contribution in [0.3, 0.4) is 0 Å². The molecule has 5 N–H and O–H groups in total. The SMILES string of the molecule is NCC(O)CNC(=O)C(Cc1ccc2ccccc2c1)NC(=O)CCN(Cc1ccccc1)C(=O)c1ccccc1. The lowest BCUT2D eigenvalue weighted by Crippen LogP contribution is -2.50. The zero-order chi connectivity index (χ0) is 29.0. The minimum Gasteiger partial charge on any atom is -0.390 e. The highest BCUT2D eigenvalue weighted by atomic mass is 16.3. The van der Waals surface area contributed by atoms with Crippen molar-refractivity contribution in [1.82, 2.24) is 15.5 Å². The minimum absolute atomic E-state index is 0.00860. The summed E-state index contributed by atoms with van der Waals surface area (Å²) in [6, 6.07) is 31.5. The molecule has 4 rings (SSSR count). The first kappa shape index (κ1) is 29.5. The van der Waals surface area contributed by atoms with Crippen molar-refractivity contribution in [2.45, 2.75) is 31.5 Å². The highest BCUT2D eigenvalue weighted by molar-refractivity contribution is 5.94. The van der Waals surface area contributed by atoms with Gasteiger partial charge in [0.1, 0.15) is 6.04 Å². The molecule has 0 saturated carbocycles. The van der Waals surface area contributed by atoms with E-state index in [4.69, 9.17) is 5.73 Å². The van der Waals surface area contributed by atoms with Crippen LogP contribution in [0, 0.1) is 0 Å². The first-order valence-corrected chi connectivity index (χ1v) is 13.7. The number of nitrogens with zero attached hydrogens (tertiary/aromatic N) is 1. The number of carbonyl (C=O) groups excluding carboxylic acids is 3. The number of nitrogens with two attached hydrogens (primary N) is 1. The van der Waals surface area contributed by atoms with Crippen molar-refractivity contribution in [2.24, 2.45) is 5.73 Å². The van der Waals surface area contributed by atoms with Crippen molar-refractivity contribution in [3.05, 3.63) is 120 Å². The van der Waals surface area contributed by atoms with E-state index in [9.17, 15) is 19.5 Å². The molecule has 212 valence electrons. The second-order valence-corrected chi connectivity index (χ2v) is 9.97. The molecule has 3 amide bonds. The van der Waals surface area contributed by atoms with Crippen LogP contribution in [-0.2, 0) is 22.6 Å². The van der Waals surface area contributed by atoms with E-state index in [0.29, 0.717) is 12.1 Å². The van der Waals surface area contributed by atoms with E-state index < -0.39 is 18.1 Å². The van der Waals surface area contributed by atoms with Gasteiger partial charge in [-0.2, -0.15) is 0 Å². The van der Waals surface area contributed by atoms with Gasteiger partial charge in [-0.15, -0.1) is 0 Å². The van der Waals surface area contributed by atoms with Gasteiger partial charge >= 0.3 is 0 Å². The fourth-order valence-corrected chi connectivity index (χ4v) is 4.56. The molecule has 41 heavy (non-hydrogen) atoms. The summed E-state index contributed by atoms with van der Waals surface area (Å²) in [6.45, 7) is 0.509. The molecule has 4 aromatic carbocycles. The molecule has 0 saturated heterocycles. The number of carbonyl (C=O) groups is 3. The van der Waals surface area contributed by atoms with Crippen molar-refractivity contribution >= 4 is 28.5 Å². The number of benzene rings is 4. The number of nitrogens with one attached hydrogen (secondary N) is 2. The van der Waals surface area contributed by atoms with Crippen LogP contribution in [0.2, 0.25) is 0 Å². The van der Waals surface area contributed by atoms with E-state index in [1.165, 1.54) is 0 Å². The first-order chi connectivity index (χ1) is 19.9. The lowest BCUT2D eigenvalue weighted by atomic mass is 10.0. The van der Waals surface area contributed by atoms with Gasteiger partial charge in [0.05, 0.1) is 6.10 Å². The van der Waals surface area contributed by atoms with Gasteiger partial charge in [0, 0.05) is 44.6 Å². The summed E-state index contributed by atoms with van der Waals surface area (Å²) in [6.07, 6.45) is -0.609. The van der Waals surface area contributed by atoms with Crippen LogP contribution in [-0.4, -0.2) is 59.5 Å². The Labute approximate surface area is 240 Å². The van der Waals surface area contributed by atoms with Crippen LogP contribution in [0.4, 0.5) is 0 Å². The fourth-order valence-electron chi connectivity index (χ4n) is 4.56. The molecule has 0 aliphatic carbocycles. The Hall–Kier alpha value is -4.53. The molecule has 0 aromatic heterocycles. The van der Waals surface area contributed by atoms with Crippen LogP contribution in [0.15, 0.2) is 103 Å². The molecule has 0 heterocycles. The molecule has 0 bridgehead atoms. The Kier molecular flexibility index (Phi) is 10.6. The zero-order valence-electron chi connectivity index (χ0n) is 22.9. The maximum Gasteiger partial charge on any atom is 0.254 e. The van der Waals surface area contributed by atoms with Crippen molar-refractivity contribution in [3.8, 4) is 0 Å². The Bertz CT molecular complexity index is 1450. The molecular weight excluding hydrogens is 516 g/mol. The van der Waals surface area contributed by atoms with Crippen molar-refractivity contribution in [3.63, 3.8) is 0 Å². The summed E-state index contributed by atoms with van der Waals surface area (Å²) in [4.78, 5) is 41.2. The minimum atomic E-state index is -0.883. The van der Waals surface area contributed by atoms with Gasteiger partial charge in [0.2, 0.25) is 11.8 Å². The fraction of sp³-hybridized carbons (Fsp3) is 0.242. The number of aliphatic hydroxyl groups is 1. The Morgan fingerprint density at radius 3 is 2.17 bits per heavy atom. The quantitative estimate of drug-likeness (QED) is 0.203. The maximum atomic E-state index is 13.3. The molecule has 0 fully saturated rings. The molecule has 4 aromatic rings. The number of amides is 3. The Morgan fingerprint density at radius 1 is 0.805 bits per heavy atom. The Balaban J connectivity index is 1.46. The van der Waals surface area contributed by atoms with Gasteiger partial charge in [-0.3, -0.25) is 14.4 Å². The molecule has 8 heteroatoms. The van der Waals surface area contributed by atoms with E-state index >= 15 is 0 Å². The normalized spacial score (nSPS) is 12.3. The van der Waals surface area contributed by atoms with Crippen molar-refractivity contribution < 1.29 is 19.5 Å². The van der Waals surface area contributed by atoms with Gasteiger partial charge in [-0.1, -0.05) is 91.0 Å². The van der Waals surface area contributed by atoms with Gasteiger partial charge in [-0.25, -0.2) is 0 Å². The van der Waals surface area contributed by atoms with E-state index in [2.05, 4.69) is 10.6 Å². The average Bonchev–Trinajstić information content (AvgIpc) is 3.01. The van der Waals surface area contributed by atoms with E-state index in [1.807, 2.05) is 78.9 Å². The second-order valence-electron chi connectivity index (χ2n) is 9.97. The van der Waals surface area contributed by atoms with Crippen LogP contribution in [0.5, 0.6) is 0 Å². The summed E-state index contributed by atoms with van der Waals surface area (Å²) in [5.74, 6) is -0.951.